The van der Waals surface area contributed by atoms with E-state index in [0.29, 0.717) is 23.5 Å². The SMILES string of the molecule is CC[C@]12CC[C@H]3[C@@H](CCC4=CC(=O)CC[C@@]43C)[C@@H]1C=CC[C@@H]2O. The number of fused-ring (bicyclic) bond motifs is 5. The topological polar surface area (TPSA) is 37.3 Å². The second kappa shape index (κ2) is 5.31. The van der Waals surface area contributed by atoms with Gasteiger partial charge in [-0.15, -0.1) is 0 Å². The highest BCUT2D eigenvalue weighted by Gasteiger charge is 2.57. The van der Waals surface area contributed by atoms with Crippen molar-refractivity contribution in [2.45, 2.75) is 71.3 Å². The average molecular weight is 314 g/mol. The van der Waals surface area contributed by atoms with Crippen LogP contribution in [0.2, 0.25) is 0 Å². The third kappa shape index (κ3) is 2.06. The average Bonchev–Trinajstić information content (AvgIpc) is 2.55. The molecular weight excluding hydrogens is 284 g/mol. The van der Waals surface area contributed by atoms with E-state index >= 15 is 0 Å². The largest absolute Gasteiger partial charge is 0.392 e. The van der Waals surface area contributed by atoms with E-state index in [1.54, 1.807) is 0 Å². The first-order valence-corrected chi connectivity index (χ1v) is 9.60. The fourth-order valence-electron chi connectivity index (χ4n) is 6.69. The Bertz CT molecular complexity index is 574. The van der Waals surface area contributed by atoms with Gasteiger partial charge in [0.25, 0.3) is 0 Å². The van der Waals surface area contributed by atoms with Gasteiger partial charge in [-0.25, -0.2) is 0 Å². The van der Waals surface area contributed by atoms with Crippen molar-refractivity contribution in [3.63, 3.8) is 0 Å². The molecule has 4 rings (SSSR count). The van der Waals surface area contributed by atoms with Crippen molar-refractivity contribution < 1.29 is 9.90 Å². The summed E-state index contributed by atoms with van der Waals surface area (Å²) in [5.41, 5.74) is 1.77. The van der Waals surface area contributed by atoms with Crippen LogP contribution < -0.4 is 0 Å². The van der Waals surface area contributed by atoms with E-state index in [2.05, 4.69) is 26.0 Å². The predicted octanol–water partition coefficient (Wildman–Crippen LogP) is 4.44. The minimum atomic E-state index is -0.166. The van der Waals surface area contributed by atoms with Crippen LogP contribution in [0.25, 0.3) is 0 Å². The quantitative estimate of drug-likeness (QED) is 0.727. The lowest BCUT2D eigenvalue weighted by Crippen LogP contribution is -2.55. The highest BCUT2D eigenvalue weighted by Crippen LogP contribution is 2.64. The molecule has 0 aromatic carbocycles. The maximum Gasteiger partial charge on any atom is 0.155 e. The van der Waals surface area contributed by atoms with E-state index < -0.39 is 0 Å². The Morgan fingerprint density at radius 1 is 1.26 bits per heavy atom. The maximum absolute atomic E-state index is 11.9. The number of carbonyl (C=O) groups is 1. The van der Waals surface area contributed by atoms with Crippen LogP contribution in [0.1, 0.15) is 65.2 Å². The third-order valence-corrected chi connectivity index (χ3v) is 8.11. The number of carbonyl (C=O) groups excluding carboxylic acids is 1. The Kier molecular flexibility index (Phi) is 3.61. The molecule has 0 aromatic rings. The maximum atomic E-state index is 11.9. The predicted molar refractivity (Wildman–Crippen MR) is 91.9 cm³/mol. The minimum Gasteiger partial charge on any atom is -0.392 e. The van der Waals surface area contributed by atoms with Crippen LogP contribution in [0.5, 0.6) is 0 Å². The molecule has 0 radical (unpaired) electrons. The lowest BCUT2D eigenvalue weighted by molar-refractivity contribution is -0.120. The summed E-state index contributed by atoms with van der Waals surface area (Å²) in [6, 6.07) is 0. The van der Waals surface area contributed by atoms with E-state index in [4.69, 9.17) is 0 Å². The molecule has 2 heteroatoms. The fraction of sp³-hybridized carbons (Fsp3) is 0.762. The van der Waals surface area contributed by atoms with E-state index in [0.717, 1.165) is 38.5 Å². The summed E-state index contributed by atoms with van der Waals surface area (Å²) in [5, 5.41) is 10.8. The van der Waals surface area contributed by atoms with Crippen molar-refractivity contribution in [3.05, 3.63) is 23.8 Å². The molecule has 0 bridgehead atoms. The highest BCUT2D eigenvalue weighted by atomic mass is 16.3. The molecule has 126 valence electrons. The molecule has 23 heavy (non-hydrogen) atoms. The molecule has 1 N–H and O–H groups in total. The van der Waals surface area contributed by atoms with Crippen LogP contribution in [0.15, 0.2) is 23.8 Å². The zero-order valence-electron chi connectivity index (χ0n) is 14.6. The first-order chi connectivity index (χ1) is 11.0. The van der Waals surface area contributed by atoms with Gasteiger partial charge in [-0.2, -0.15) is 0 Å². The second-order valence-corrected chi connectivity index (χ2v) is 8.69. The normalized spacial score (nSPS) is 49.0. The van der Waals surface area contributed by atoms with E-state index in [-0.39, 0.29) is 16.9 Å². The summed E-state index contributed by atoms with van der Waals surface area (Å²) in [7, 11) is 0. The summed E-state index contributed by atoms with van der Waals surface area (Å²) in [5.74, 6) is 2.24. The molecule has 2 fully saturated rings. The van der Waals surface area contributed by atoms with Gasteiger partial charge in [-0.05, 0) is 74.2 Å². The molecule has 6 atom stereocenters. The van der Waals surface area contributed by atoms with Gasteiger partial charge in [-0.1, -0.05) is 31.6 Å². The molecule has 0 unspecified atom stereocenters. The molecular formula is C21H30O2. The summed E-state index contributed by atoms with van der Waals surface area (Å²) >= 11 is 0. The first kappa shape index (κ1) is 15.6. The number of allylic oxidation sites excluding steroid dienone is 3. The lowest BCUT2D eigenvalue weighted by atomic mass is 9.44. The van der Waals surface area contributed by atoms with Gasteiger partial charge in [0.2, 0.25) is 0 Å². The zero-order chi connectivity index (χ0) is 16.2. The Morgan fingerprint density at radius 3 is 2.87 bits per heavy atom. The number of hydrogen-bond donors (Lipinski definition) is 1. The monoisotopic (exact) mass is 314 g/mol. The summed E-state index contributed by atoms with van der Waals surface area (Å²) in [6.45, 7) is 4.69. The van der Waals surface area contributed by atoms with Crippen molar-refractivity contribution in [3.8, 4) is 0 Å². The van der Waals surface area contributed by atoms with Gasteiger partial charge in [0.1, 0.15) is 0 Å². The molecule has 0 amide bonds. The number of hydrogen-bond acceptors (Lipinski definition) is 2. The van der Waals surface area contributed by atoms with Gasteiger partial charge in [0, 0.05) is 11.8 Å². The molecule has 0 heterocycles. The van der Waals surface area contributed by atoms with Crippen LogP contribution in [0.3, 0.4) is 0 Å². The Balaban J connectivity index is 1.72. The van der Waals surface area contributed by atoms with Crippen molar-refractivity contribution in [1.29, 1.82) is 0 Å². The molecule has 0 saturated heterocycles. The van der Waals surface area contributed by atoms with Gasteiger partial charge < -0.3 is 5.11 Å². The van der Waals surface area contributed by atoms with E-state index in [1.165, 1.54) is 18.4 Å². The zero-order valence-corrected chi connectivity index (χ0v) is 14.6. The van der Waals surface area contributed by atoms with Gasteiger partial charge in [-0.3, -0.25) is 4.79 Å². The highest BCUT2D eigenvalue weighted by molar-refractivity contribution is 5.91. The molecule has 2 nitrogen and oxygen atoms in total. The number of ketones is 1. The van der Waals surface area contributed by atoms with Crippen molar-refractivity contribution in [2.24, 2.45) is 28.6 Å². The van der Waals surface area contributed by atoms with Crippen LogP contribution in [-0.4, -0.2) is 17.0 Å². The number of aliphatic hydroxyl groups excluding tert-OH is 1. The fourth-order valence-corrected chi connectivity index (χ4v) is 6.69. The van der Waals surface area contributed by atoms with Crippen molar-refractivity contribution in [2.75, 3.05) is 0 Å². The molecule has 4 aliphatic rings. The smallest absolute Gasteiger partial charge is 0.155 e. The molecule has 2 saturated carbocycles. The standard InChI is InChI=1S/C21H30O2/c1-3-21-12-10-17-16(18(21)5-4-6-19(21)23)8-7-14-13-15(22)9-11-20(14,17)2/h4-5,13,16-19,23H,3,6-12H2,1-2H3/t16-,17+,18+,19+,20+,21+/m1/s1. The van der Waals surface area contributed by atoms with Crippen LogP contribution in [0.4, 0.5) is 0 Å². The number of rotatable bonds is 1. The van der Waals surface area contributed by atoms with Crippen LogP contribution >= 0.6 is 0 Å². The Morgan fingerprint density at radius 2 is 2.09 bits per heavy atom. The molecule has 0 aromatic heterocycles. The van der Waals surface area contributed by atoms with Gasteiger partial charge in [0.05, 0.1) is 6.10 Å². The lowest BCUT2D eigenvalue weighted by Gasteiger charge is -2.60. The van der Waals surface area contributed by atoms with Gasteiger partial charge >= 0.3 is 0 Å². The minimum absolute atomic E-state index is 0.109. The Labute approximate surface area is 140 Å². The van der Waals surface area contributed by atoms with E-state index in [9.17, 15) is 9.90 Å². The van der Waals surface area contributed by atoms with Crippen molar-refractivity contribution in [1.82, 2.24) is 0 Å². The molecule has 4 aliphatic carbocycles. The first-order valence-electron chi connectivity index (χ1n) is 9.60. The second-order valence-electron chi connectivity index (χ2n) is 8.69. The van der Waals surface area contributed by atoms with Crippen LogP contribution in [0, 0.1) is 28.6 Å². The number of aliphatic hydroxyl groups is 1. The Hall–Kier alpha value is -0.890. The summed E-state index contributed by atoms with van der Waals surface area (Å²) in [6.07, 6.45) is 14.8. The van der Waals surface area contributed by atoms with Crippen LogP contribution in [-0.2, 0) is 4.79 Å². The molecule has 0 aliphatic heterocycles. The summed E-state index contributed by atoms with van der Waals surface area (Å²) in [4.78, 5) is 11.9. The molecule has 0 spiro atoms. The van der Waals surface area contributed by atoms with E-state index in [1.807, 2.05) is 6.08 Å². The summed E-state index contributed by atoms with van der Waals surface area (Å²) < 4.78 is 0. The van der Waals surface area contributed by atoms with Gasteiger partial charge in [0.15, 0.2) is 5.78 Å². The third-order valence-electron chi connectivity index (χ3n) is 8.11. The van der Waals surface area contributed by atoms with Crippen molar-refractivity contribution >= 4 is 5.78 Å².